The van der Waals surface area contributed by atoms with Gasteiger partial charge in [0.1, 0.15) is 0 Å². The number of anilines is 1. The molecule has 2 nitrogen and oxygen atoms in total. The Hall–Kier alpha value is -0.730. The topological polar surface area (TPSA) is 29.3 Å². The molecule has 0 amide bonds. The SMILES string of the molecule is CC(C)(C)N1CC(C(C)(C)C)(C(C)(C)C)c2c(CN)cc(Cl)cc21. The van der Waals surface area contributed by atoms with Gasteiger partial charge in [-0.25, -0.2) is 0 Å². The number of nitrogens with zero attached hydrogens (tertiary/aromatic N) is 1. The summed E-state index contributed by atoms with van der Waals surface area (Å²) in [5, 5.41) is 0.780. The first kappa shape index (κ1) is 19.6. The van der Waals surface area contributed by atoms with Crippen LogP contribution in [0.5, 0.6) is 0 Å². The van der Waals surface area contributed by atoms with Crippen LogP contribution in [0.25, 0.3) is 0 Å². The van der Waals surface area contributed by atoms with E-state index in [2.05, 4.69) is 79.3 Å². The van der Waals surface area contributed by atoms with Crippen molar-refractivity contribution in [2.24, 2.45) is 16.6 Å². The van der Waals surface area contributed by atoms with E-state index < -0.39 is 0 Å². The molecule has 0 aromatic heterocycles. The largest absolute Gasteiger partial charge is 0.365 e. The zero-order chi connectivity index (χ0) is 18.7. The second-order valence-corrected chi connectivity index (χ2v) is 10.8. The Morgan fingerprint density at radius 1 is 1.00 bits per heavy atom. The quantitative estimate of drug-likeness (QED) is 0.698. The third-order valence-corrected chi connectivity index (χ3v) is 6.09. The van der Waals surface area contributed by atoms with E-state index in [1.807, 2.05) is 0 Å². The lowest BCUT2D eigenvalue weighted by Gasteiger charge is -2.53. The summed E-state index contributed by atoms with van der Waals surface area (Å²) in [5.74, 6) is 0. The Kier molecular flexibility index (Phi) is 4.60. The van der Waals surface area contributed by atoms with Gasteiger partial charge in [0.15, 0.2) is 0 Å². The molecule has 2 N–H and O–H groups in total. The molecule has 136 valence electrons. The maximum atomic E-state index is 6.46. The summed E-state index contributed by atoms with van der Waals surface area (Å²) in [6.45, 7) is 22.5. The molecule has 0 spiro atoms. The minimum Gasteiger partial charge on any atom is -0.365 e. The molecule has 0 radical (unpaired) electrons. The fraction of sp³-hybridized carbons (Fsp3) is 0.714. The summed E-state index contributed by atoms with van der Waals surface area (Å²) in [6.07, 6.45) is 0. The van der Waals surface area contributed by atoms with Crippen molar-refractivity contribution in [3.63, 3.8) is 0 Å². The Labute approximate surface area is 153 Å². The molecule has 0 unspecified atom stereocenters. The minimum absolute atomic E-state index is 0.00189. The van der Waals surface area contributed by atoms with Gasteiger partial charge in [-0.1, -0.05) is 53.1 Å². The van der Waals surface area contributed by atoms with Crippen LogP contribution in [-0.4, -0.2) is 12.1 Å². The summed E-state index contributed by atoms with van der Waals surface area (Å²) in [7, 11) is 0. The van der Waals surface area contributed by atoms with Crippen LogP contribution in [0.15, 0.2) is 12.1 Å². The molecule has 1 aliphatic heterocycles. The molecular formula is C21H35ClN2. The number of hydrogen-bond donors (Lipinski definition) is 1. The first-order valence-electron chi connectivity index (χ1n) is 8.97. The number of hydrogen-bond acceptors (Lipinski definition) is 2. The predicted molar refractivity (Wildman–Crippen MR) is 107 cm³/mol. The highest BCUT2D eigenvalue weighted by molar-refractivity contribution is 6.31. The van der Waals surface area contributed by atoms with Gasteiger partial charge in [-0.2, -0.15) is 0 Å². The summed E-state index contributed by atoms with van der Waals surface area (Å²) in [4.78, 5) is 2.53. The van der Waals surface area contributed by atoms with Gasteiger partial charge in [0, 0.05) is 34.8 Å². The maximum Gasteiger partial charge on any atom is 0.0430 e. The van der Waals surface area contributed by atoms with E-state index in [-0.39, 0.29) is 21.8 Å². The second-order valence-electron chi connectivity index (χ2n) is 10.3. The number of benzene rings is 1. The number of fused-ring (bicyclic) bond motifs is 1. The van der Waals surface area contributed by atoms with Crippen LogP contribution in [0.3, 0.4) is 0 Å². The second kappa shape index (κ2) is 5.64. The van der Waals surface area contributed by atoms with Crippen molar-refractivity contribution in [3.05, 3.63) is 28.3 Å². The molecule has 1 heterocycles. The first-order valence-corrected chi connectivity index (χ1v) is 9.35. The molecule has 24 heavy (non-hydrogen) atoms. The van der Waals surface area contributed by atoms with Crippen molar-refractivity contribution in [3.8, 4) is 0 Å². The number of rotatable bonds is 1. The zero-order valence-corrected chi connectivity index (χ0v) is 17.7. The molecule has 0 bridgehead atoms. The third kappa shape index (κ3) is 2.76. The van der Waals surface area contributed by atoms with Gasteiger partial charge >= 0.3 is 0 Å². The van der Waals surface area contributed by atoms with E-state index in [1.165, 1.54) is 16.8 Å². The van der Waals surface area contributed by atoms with Crippen molar-refractivity contribution < 1.29 is 0 Å². The fourth-order valence-corrected chi connectivity index (χ4v) is 5.10. The van der Waals surface area contributed by atoms with E-state index in [1.54, 1.807) is 0 Å². The molecule has 0 fully saturated rings. The zero-order valence-electron chi connectivity index (χ0n) is 17.0. The van der Waals surface area contributed by atoms with Crippen LogP contribution in [0.4, 0.5) is 5.69 Å². The molecule has 0 atom stereocenters. The van der Waals surface area contributed by atoms with E-state index >= 15 is 0 Å². The highest BCUT2D eigenvalue weighted by Gasteiger charge is 2.59. The lowest BCUT2D eigenvalue weighted by Crippen LogP contribution is -2.55. The normalized spacial score (nSPS) is 18.0. The predicted octanol–water partition coefficient (Wildman–Crippen LogP) is 5.75. The van der Waals surface area contributed by atoms with Gasteiger partial charge in [-0.15, -0.1) is 0 Å². The van der Waals surface area contributed by atoms with Crippen LogP contribution in [0.1, 0.15) is 73.4 Å². The Morgan fingerprint density at radius 2 is 1.50 bits per heavy atom. The minimum atomic E-state index is 0.00189. The highest BCUT2D eigenvalue weighted by Crippen LogP contribution is 2.61. The van der Waals surface area contributed by atoms with Gasteiger partial charge in [0.05, 0.1) is 0 Å². The monoisotopic (exact) mass is 350 g/mol. The van der Waals surface area contributed by atoms with Crippen molar-refractivity contribution >= 4 is 17.3 Å². The molecule has 3 heteroatoms. The van der Waals surface area contributed by atoms with Gasteiger partial charge < -0.3 is 10.6 Å². The highest BCUT2D eigenvalue weighted by atomic mass is 35.5. The Balaban J connectivity index is 2.94. The average Bonchev–Trinajstić information content (AvgIpc) is 2.72. The van der Waals surface area contributed by atoms with E-state index in [0.29, 0.717) is 6.54 Å². The molecule has 0 saturated carbocycles. The molecule has 1 aromatic carbocycles. The number of halogens is 1. The maximum absolute atomic E-state index is 6.46. The smallest absolute Gasteiger partial charge is 0.0430 e. The van der Waals surface area contributed by atoms with Gasteiger partial charge in [-0.3, -0.25) is 0 Å². The van der Waals surface area contributed by atoms with Crippen LogP contribution < -0.4 is 10.6 Å². The summed E-state index contributed by atoms with van der Waals surface area (Å²) in [5.41, 5.74) is 10.3. The molecule has 1 aromatic rings. The average molecular weight is 351 g/mol. The van der Waals surface area contributed by atoms with Gasteiger partial charge in [-0.05, 0) is 54.9 Å². The summed E-state index contributed by atoms with van der Waals surface area (Å²) in [6, 6.07) is 4.21. The van der Waals surface area contributed by atoms with Gasteiger partial charge in [0.25, 0.3) is 0 Å². The van der Waals surface area contributed by atoms with Crippen molar-refractivity contribution in [2.75, 3.05) is 11.4 Å². The molecule has 0 aliphatic carbocycles. The first-order chi connectivity index (χ1) is 10.7. The molecule has 0 saturated heterocycles. The molecule has 2 rings (SSSR count). The van der Waals surface area contributed by atoms with Crippen molar-refractivity contribution in [2.45, 2.75) is 79.8 Å². The van der Waals surface area contributed by atoms with Crippen LogP contribution in [0, 0.1) is 10.8 Å². The molecular weight excluding hydrogens is 316 g/mol. The lowest BCUT2D eigenvalue weighted by atomic mass is 9.51. The van der Waals surface area contributed by atoms with Gasteiger partial charge in [0.2, 0.25) is 0 Å². The van der Waals surface area contributed by atoms with Crippen molar-refractivity contribution in [1.29, 1.82) is 0 Å². The Bertz CT molecular complexity index is 613. The summed E-state index contributed by atoms with van der Waals surface area (Å²) >= 11 is 6.46. The van der Waals surface area contributed by atoms with Crippen LogP contribution in [-0.2, 0) is 12.0 Å². The van der Waals surface area contributed by atoms with E-state index in [4.69, 9.17) is 17.3 Å². The summed E-state index contributed by atoms with van der Waals surface area (Å²) < 4.78 is 0. The Morgan fingerprint density at radius 3 is 1.88 bits per heavy atom. The van der Waals surface area contributed by atoms with Crippen LogP contribution in [0.2, 0.25) is 5.02 Å². The lowest BCUT2D eigenvalue weighted by molar-refractivity contribution is 0.0628. The standard InChI is InChI=1S/C21H35ClN2/c1-18(2,3)21(19(4,5)6)13-24(20(7,8)9)16-11-15(22)10-14(12-23)17(16)21/h10-11H,12-13,23H2,1-9H3. The fourth-order valence-electron chi connectivity index (χ4n) is 4.86. The third-order valence-electron chi connectivity index (χ3n) is 5.87. The van der Waals surface area contributed by atoms with E-state index in [9.17, 15) is 0 Å². The number of nitrogens with two attached hydrogens (primary N) is 1. The van der Waals surface area contributed by atoms with E-state index in [0.717, 1.165) is 11.6 Å². The van der Waals surface area contributed by atoms with Crippen molar-refractivity contribution in [1.82, 2.24) is 0 Å². The molecule has 1 aliphatic rings. The van der Waals surface area contributed by atoms with Crippen LogP contribution >= 0.6 is 11.6 Å².